The summed E-state index contributed by atoms with van der Waals surface area (Å²) in [6, 6.07) is 13.0. The van der Waals surface area contributed by atoms with Gasteiger partial charge in [0.2, 0.25) is 0 Å². The standard InChI is InChI=1S/C25H30N2O5S/c1-17-11-18(2)15-26(14-17)24(28)16-32-25(29)21-8-6-9-22(13-21)33(30,31)27-19(3)12-20-7-4-5-10-23(20)27/h4-10,13,17-19H,11-12,14-16H2,1-3H3/t17-,18-,19-/m0/s1. The Balaban J connectivity index is 1.47. The van der Waals surface area contributed by atoms with Crippen LogP contribution in [0.3, 0.4) is 0 Å². The van der Waals surface area contributed by atoms with E-state index in [9.17, 15) is 18.0 Å². The van der Waals surface area contributed by atoms with Crippen molar-refractivity contribution >= 4 is 27.6 Å². The summed E-state index contributed by atoms with van der Waals surface area (Å²) in [7, 11) is -3.87. The van der Waals surface area contributed by atoms with Gasteiger partial charge >= 0.3 is 5.97 Å². The normalized spacial score (nSPS) is 22.7. The Kier molecular flexibility index (Phi) is 6.47. The molecule has 1 amide bonds. The summed E-state index contributed by atoms with van der Waals surface area (Å²) in [6.07, 6.45) is 1.71. The van der Waals surface area contributed by atoms with Crippen molar-refractivity contribution in [3.63, 3.8) is 0 Å². The van der Waals surface area contributed by atoms with E-state index in [1.807, 2.05) is 25.1 Å². The van der Waals surface area contributed by atoms with E-state index >= 15 is 0 Å². The van der Waals surface area contributed by atoms with Crippen LogP contribution in [-0.4, -0.2) is 50.9 Å². The van der Waals surface area contributed by atoms with Crippen LogP contribution < -0.4 is 4.31 Å². The molecule has 2 aliphatic heterocycles. The average Bonchev–Trinajstić information content (AvgIpc) is 3.13. The van der Waals surface area contributed by atoms with Gasteiger partial charge in [-0.25, -0.2) is 13.2 Å². The first-order chi connectivity index (χ1) is 15.7. The zero-order valence-corrected chi connectivity index (χ0v) is 20.0. The molecule has 7 nitrogen and oxygen atoms in total. The molecule has 176 valence electrons. The molecule has 0 saturated carbocycles. The van der Waals surface area contributed by atoms with Crippen LogP contribution in [0.4, 0.5) is 5.69 Å². The summed E-state index contributed by atoms with van der Waals surface area (Å²) >= 11 is 0. The number of carbonyl (C=O) groups excluding carboxylic acids is 2. The first kappa shape index (κ1) is 23.3. The largest absolute Gasteiger partial charge is 0.452 e. The van der Waals surface area contributed by atoms with E-state index in [1.54, 1.807) is 11.0 Å². The van der Waals surface area contributed by atoms with Gasteiger partial charge in [0.25, 0.3) is 15.9 Å². The van der Waals surface area contributed by atoms with Crippen LogP contribution in [0, 0.1) is 11.8 Å². The number of ether oxygens (including phenoxy) is 1. The van der Waals surface area contributed by atoms with Gasteiger partial charge in [-0.05, 0) is 61.4 Å². The second kappa shape index (κ2) is 9.17. The van der Waals surface area contributed by atoms with Gasteiger partial charge in [-0.3, -0.25) is 9.10 Å². The number of benzene rings is 2. The molecule has 0 N–H and O–H groups in total. The predicted molar refractivity (Wildman–Crippen MR) is 126 cm³/mol. The summed E-state index contributed by atoms with van der Waals surface area (Å²) in [6.45, 7) is 7.03. The molecule has 0 unspecified atom stereocenters. The maximum absolute atomic E-state index is 13.4. The quantitative estimate of drug-likeness (QED) is 0.625. The summed E-state index contributed by atoms with van der Waals surface area (Å²) in [5.74, 6) is -0.122. The van der Waals surface area contributed by atoms with E-state index in [2.05, 4.69) is 13.8 Å². The Bertz CT molecular complexity index is 1150. The van der Waals surface area contributed by atoms with Gasteiger partial charge in [0.1, 0.15) is 0 Å². The lowest BCUT2D eigenvalue weighted by Crippen LogP contribution is -2.44. The molecule has 1 fully saturated rings. The van der Waals surface area contributed by atoms with Crippen molar-refractivity contribution in [2.45, 2.75) is 44.6 Å². The number of amides is 1. The van der Waals surface area contributed by atoms with Crippen LogP contribution in [0.25, 0.3) is 0 Å². The number of carbonyl (C=O) groups is 2. The predicted octanol–water partition coefficient (Wildman–Crippen LogP) is 3.49. The summed E-state index contributed by atoms with van der Waals surface area (Å²) < 4.78 is 33.5. The number of likely N-dealkylation sites (tertiary alicyclic amines) is 1. The molecule has 2 aromatic rings. The fourth-order valence-corrected chi connectivity index (χ4v) is 6.71. The minimum absolute atomic E-state index is 0.0190. The fraction of sp³-hybridized carbons (Fsp3) is 0.440. The molecular weight excluding hydrogens is 440 g/mol. The van der Waals surface area contributed by atoms with Gasteiger partial charge in [-0.2, -0.15) is 0 Å². The van der Waals surface area contributed by atoms with Crippen molar-refractivity contribution < 1.29 is 22.7 Å². The van der Waals surface area contributed by atoms with Gasteiger partial charge in [0, 0.05) is 19.1 Å². The number of piperidine rings is 1. The van der Waals surface area contributed by atoms with E-state index in [-0.39, 0.29) is 29.0 Å². The number of rotatable bonds is 5. The molecule has 2 aliphatic rings. The van der Waals surface area contributed by atoms with Crippen LogP contribution in [-0.2, 0) is 26.0 Å². The number of hydrogen-bond donors (Lipinski definition) is 0. The molecule has 0 bridgehead atoms. The zero-order valence-electron chi connectivity index (χ0n) is 19.2. The van der Waals surface area contributed by atoms with Crippen molar-refractivity contribution in [3.05, 3.63) is 59.7 Å². The molecule has 2 aromatic carbocycles. The number of sulfonamides is 1. The number of fused-ring (bicyclic) bond motifs is 1. The minimum atomic E-state index is -3.87. The monoisotopic (exact) mass is 470 g/mol. The van der Waals surface area contributed by atoms with Crippen LogP contribution in [0.2, 0.25) is 0 Å². The van der Waals surface area contributed by atoms with Crippen LogP contribution in [0.5, 0.6) is 0 Å². The molecule has 0 spiro atoms. The van der Waals surface area contributed by atoms with Gasteiger partial charge in [0.15, 0.2) is 6.61 Å². The summed E-state index contributed by atoms with van der Waals surface area (Å²) in [5.41, 5.74) is 1.74. The van der Waals surface area contributed by atoms with Gasteiger partial charge < -0.3 is 9.64 Å². The van der Waals surface area contributed by atoms with E-state index < -0.39 is 16.0 Å². The Morgan fingerprint density at radius 2 is 1.70 bits per heavy atom. The number of nitrogens with zero attached hydrogens (tertiary/aromatic N) is 2. The Hall–Kier alpha value is -2.87. The van der Waals surface area contributed by atoms with Crippen LogP contribution in [0.15, 0.2) is 53.4 Å². The smallest absolute Gasteiger partial charge is 0.338 e. The highest BCUT2D eigenvalue weighted by molar-refractivity contribution is 7.92. The van der Waals surface area contributed by atoms with Crippen molar-refractivity contribution in [3.8, 4) is 0 Å². The summed E-state index contributed by atoms with van der Waals surface area (Å²) in [4.78, 5) is 26.9. The van der Waals surface area contributed by atoms with Gasteiger partial charge in [-0.1, -0.05) is 38.1 Å². The number of para-hydroxylation sites is 1. The van der Waals surface area contributed by atoms with Gasteiger partial charge in [-0.15, -0.1) is 0 Å². The lowest BCUT2D eigenvalue weighted by Gasteiger charge is -2.34. The summed E-state index contributed by atoms with van der Waals surface area (Å²) in [5, 5.41) is 0. The number of esters is 1. The highest BCUT2D eigenvalue weighted by atomic mass is 32.2. The topological polar surface area (TPSA) is 84.0 Å². The van der Waals surface area contributed by atoms with Crippen LogP contribution >= 0.6 is 0 Å². The SMILES string of the molecule is C[C@H]1C[C@H](C)CN(C(=O)COC(=O)c2cccc(S(=O)(=O)N3c4ccccc4C[C@@H]3C)c2)C1. The third-order valence-electron chi connectivity index (χ3n) is 6.32. The van der Waals surface area contributed by atoms with Crippen molar-refractivity contribution in [2.75, 3.05) is 24.0 Å². The number of hydrogen-bond acceptors (Lipinski definition) is 5. The fourth-order valence-electron chi connectivity index (χ4n) is 4.97. The lowest BCUT2D eigenvalue weighted by atomic mass is 9.92. The van der Waals surface area contributed by atoms with Crippen molar-refractivity contribution in [1.82, 2.24) is 4.90 Å². The average molecular weight is 471 g/mol. The highest BCUT2D eigenvalue weighted by Crippen LogP contribution is 2.36. The zero-order chi connectivity index (χ0) is 23.8. The third-order valence-corrected chi connectivity index (χ3v) is 8.24. The third kappa shape index (κ3) is 4.76. The Morgan fingerprint density at radius 3 is 2.42 bits per heavy atom. The minimum Gasteiger partial charge on any atom is -0.452 e. The lowest BCUT2D eigenvalue weighted by molar-refractivity contribution is -0.137. The molecule has 8 heteroatoms. The van der Waals surface area contributed by atoms with Gasteiger partial charge in [0.05, 0.1) is 16.1 Å². The molecule has 0 radical (unpaired) electrons. The van der Waals surface area contributed by atoms with Crippen LogP contribution in [0.1, 0.15) is 43.1 Å². The van der Waals surface area contributed by atoms with E-state index in [0.29, 0.717) is 37.0 Å². The highest BCUT2D eigenvalue weighted by Gasteiger charge is 2.36. The molecule has 2 heterocycles. The molecule has 3 atom stereocenters. The molecule has 0 aliphatic carbocycles. The van der Waals surface area contributed by atoms with Crippen molar-refractivity contribution in [2.24, 2.45) is 11.8 Å². The molecule has 33 heavy (non-hydrogen) atoms. The van der Waals surface area contributed by atoms with E-state index in [0.717, 1.165) is 12.0 Å². The molecular formula is C25H30N2O5S. The Labute approximate surface area is 195 Å². The molecule has 4 rings (SSSR count). The second-order valence-electron chi connectivity index (χ2n) is 9.33. The van der Waals surface area contributed by atoms with Crippen molar-refractivity contribution in [1.29, 1.82) is 0 Å². The maximum atomic E-state index is 13.4. The van der Waals surface area contributed by atoms with E-state index in [4.69, 9.17) is 4.74 Å². The molecule has 0 aromatic heterocycles. The Morgan fingerprint density at radius 1 is 1.00 bits per heavy atom. The number of anilines is 1. The first-order valence-electron chi connectivity index (χ1n) is 11.3. The van der Waals surface area contributed by atoms with E-state index in [1.165, 1.54) is 28.6 Å². The second-order valence-corrected chi connectivity index (χ2v) is 11.1. The first-order valence-corrected chi connectivity index (χ1v) is 12.8. The maximum Gasteiger partial charge on any atom is 0.338 e. The molecule has 1 saturated heterocycles.